The highest BCUT2D eigenvalue weighted by Crippen LogP contribution is 2.31. The molecule has 2 aliphatic heterocycles. The van der Waals surface area contributed by atoms with Crippen LogP contribution in [-0.2, 0) is 14.6 Å². The zero-order chi connectivity index (χ0) is 25.3. The largest absolute Gasteiger partial charge is 0.490 e. The van der Waals surface area contributed by atoms with Crippen molar-refractivity contribution in [3.05, 3.63) is 63.7 Å². The summed E-state index contributed by atoms with van der Waals surface area (Å²) in [5, 5.41) is 8.39. The maximum atomic E-state index is 12.5. The first-order valence-corrected chi connectivity index (χ1v) is 13.4. The number of benzene rings is 2. The number of amides is 1. The van der Waals surface area contributed by atoms with Gasteiger partial charge >= 0.3 is 0 Å². The van der Waals surface area contributed by atoms with Crippen molar-refractivity contribution < 1.29 is 22.7 Å². The number of rotatable bonds is 6. The van der Waals surface area contributed by atoms with Gasteiger partial charge in [-0.3, -0.25) is 10.2 Å². The monoisotopic (exact) mass is 532 g/mol. The van der Waals surface area contributed by atoms with Gasteiger partial charge in [0, 0.05) is 6.26 Å². The minimum absolute atomic E-state index is 0.0300. The summed E-state index contributed by atoms with van der Waals surface area (Å²) in [4.78, 5) is 17.4. The molecular weight excluding hydrogens is 512 g/mol. The van der Waals surface area contributed by atoms with E-state index in [2.05, 4.69) is 15.5 Å². The van der Waals surface area contributed by atoms with E-state index in [-0.39, 0.29) is 28.4 Å². The first kappa shape index (κ1) is 25.0. The molecule has 0 unspecified atom stereocenters. The number of ether oxygens (including phenoxy) is 2. The Kier molecular flexibility index (Phi) is 7.02. The van der Waals surface area contributed by atoms with Gasteiger partial charge in [0.1, 0.15) is 30.5 Å². The fourth-order valence-corrected chi connectivity index (χ4v) is 5.54. The second kappa shape index (κ2) is 9.84. The van der Waals surface area contributed by atoms with Crippen LogP contribution in [0.15, 0.2) is 51.4 Å². The number of fused-ring (bicyclic) bond motifs is 1. The van der Waals surface area contributed by atoms with Crippen molar-refractivity contribution in [1.82, 2.24) is 4.90 Å². The maximum absolute atomic E-state index is 12.5. The molecule has 0 saturated carbocycles. The van der Waals surface area contributed by atoms with E-state index in [0.717, 1.165) is 40.0 Å². The second-order valence-corrected chi connectivity index (χ2v) is 10.9. The minimum atomic E-state index is -3.72. The Morgan fingerprint density at radius 3 is 2.46 bits per heavy atom. The summed E-state index contributed by atoms with van der Waals surface area (Å²) in [6.45, 7) is 4.61. The van der Waals surface area contributed by atoms with E-state index in [0.29, 0.717) is 22.9 Å². The number of halogens is 1. The van der Waals surface area contributed by atoms with E-state index in [9.17, 15) is 13.2 Å². The van der Waals surface area contributed by atoms with Gasteiger partial charge in [-0.25, -0.2) is 13.3 Å². The molecule has 0 spiro atoms. The number of aryl methyl sites for hydroxylation is 2. The topological polar surface area (TPSA) is 121 Å². The van der Waals surface area contributed by atoms with Crippen LogP contribution in [0.5, 0.6) is 11.5 Å². The highest BCUT2D eigenvalue weighted by Gasteiger charge is 2.41. The molecule has 0 bridgehead atoms. The van der Waals surface area contributed by atoms with Crippen LogP contribution in [0.2, 0.25) is 5.02 Å². The van der Waals surface area contributed by atoms with Crippen molar-refractivity contribution in [2.24, 2.45) is 9.39 Å². The number of nitrogens with zero attached hydrogens (tertiary/aromatic N) is 3. The van der Waals surface area contributed by atoms with E-state index in [1.807, 2.05) is 26.0 Å². The summed E-state index contributed by atoms with van der Waals surface area (Å²) in [5.74, 6) is 0.212. The molecule has 0 saturated heterocycles. The fourth-order valence-electron chi connectivity index (χ4n) is 3.46. The summed E-state index contributed by atoms with van der Waals surface area (Å²) >= 11 is 7.09. The zero-order valence-electron chi connectivity index (χ0n) is 19.0. The van der Waals surface area contributed by atoms with Crippen LogP contribution in [0.25, 0.3) is 6.08 Å². The average Bonchev–Trinajstić information content (AvgIpc) is 3.19. The number of aliphatic imine (C=N–C) groups is 1. The lowest BCUT2D eigenvalue weighted by Crippen LogP contribution is -2.45. The fraction of sp³-hybridized carbons (Fsp3) is 0.217. The van der Waals surface area contributed by atoms with Crippen LogP contribution >= 0.6 is 23.5 Å². The number of sulfone groups is 1. The van der Waals surface area contributed by atoms with Crippen molar-refractivity contribution >= 4 is 61.5 Å². The third-order valence-corrected chi connectivity index (χ3v) is 6.95. The lowest BCUT2D eigenvalue weighted by atomic mass is 10.1. The molecule has 35 heavy (non-hydrogen) atoms. The third kappa shape index (κ3) is 5.58. The molecule has 2 aromatic rings. The van der Waals surface area contributed by atoms with Gasteiger partial charge in [0.2, 0.25) is 20.2 Å². The molecule has 2 heterocycles. The number of amidine groups is 3. The maximum Gasteiger partial charge on any atom is 0.283 e. The second-order valence-electron chi connectivity index (χ2n) is 7.89. The van der Waals surface area contributed by atoms with Gasteiger partial charge in [-0.05, 0) is 60.9 Å². The quantitative estimate of drug-likeness (QED) is 0.338. The molecule has 2 aliphatic rings. The summed E-state index contributed by atoms with van der Waals surface area (Å²) in [6, 6.07) is 10.9. The highest BCUT2D eigenvalue weighted by atomic mass is 35.5. The molecule has 0 aromatic heterocycles. The van der Waals surface area contributed by atoms with E-state index < -0.39 is 15.7 Å². The van der Waals surface area contributed by atoms with Crippen molar-refractivity contribution in [2.75, 3.05) is 19.5 Å². The average molecular weight is 533 g/mol. The van der Waals surface area contributed by atoms with Crippen molar-refractivity contribution in [3.63, 3.8) is 0 Å². The highest BCUT2D eigenvalue weighted by molar-refractivity contribution is 8.16. The number of carbonyl (C=O) groups excluding carboxylic acids is 1. The van der Waals surface area contributed by atoms with E-state index in [1.165, 1.54) is 6.08 Å². The zero-order valence-corrected chi connectivity index (χ0v) is 21.4. The van der Waals surface area contributed by atoms with E-state index in [1.54, 1.807) is 18.2 Å². The van der Waals surface area contributed by atoms with Gasteiger partial charge in [-0.1, -0.05) is 23.7 Å². The Morgan fingerprint density at radius 1 is 1.11 bits per heavy atom. The molecule has 2 aromatic carbocycles. The third-order valence-electron chi connectivity index (χ3n) is 4.90. The van der Waals surface area contributed by atoms with Crippen LogP contribution in [-0.4, -0.2) is 54.9 Å². The molecule has 9 nitrogen and oxygen atoms in total. The molecule has 0 atom stereocenters. The van der Waals surface area contributed by atoms with E-state index >= 15 is 0 Å². The standard InChI is InChI=1S/C23H21ClN4O5S2/c1-13-8-14(2)10-16(9-13)32-6-7-33-19-5-4-15(12-18(19)24)11-17-20(25)28-22(26-21(17)29)34-27-23(28)35(3,30)31/h4-5,8-12,25H,6-7H2,1-3H3/b17-11-,25-20?. The molecule has 0 radical (unpaired) electrons. The van der Waals surface area contributed by atoms with Crippen LogP contribution in [0, 0.1) is 19.3 Å². The number of hydrogen-bond acceptors (Lipinski definition) is 8. The van der Waals surface area contributed by atoms with E-state index in [4.69, 9.17) is 26.5 Å². The summed E-state index contributed by atoms with van der Waals surface area (Å²) in [7, 11) is -3.72. The summed E-state index contributed by atoms with van der Waals surface area (Å²) < 4.78 is 39.3. The van der Waals surface area contributed by atoms with Crippen molar-refractivity contribution in [3.8, 4) is 11.5 Å². The first-order chi connectivity index (χ1) is 16.5. The molecule has 1 N–H and O–H groups in total. The molecule has 1 amide bonds. The SMILES string of the molecule is Cc1cc(C)cc(OCCOc2ccc(/C=C3/C(=N)N4C(=NC3=O)SN=C4S(C)(=O)=O)cc2Cl)c1. The summed E-state index contributed by atoms with van der Waals surface area (Å²) in [6.07, 6.45) is 2.40. The molecule has 4 rings (SSSR count). The number of hydrogen-bond donors (Lipinski definition) is 1. The molecule has 12 heteroatoms. The normalized spacial score (nSPS) is 16.8. The Balaban J connectivity index is 1.44. The number of nitrogens with one attached hydrogen (secondary N) is 1. The lowest BCUT2D eigenvalue weighted by molar-refractivity contribution is -0.114. The molecular formula is C23H21ClN4O5S2. The van der Waals surface area contributed by atoms with Crippen LogP contribution in [0.3, 0.4) is 0 Å². The van der Waals surface area contributed by atoms with Crippen molar-refractivity contribution in [2.45, 2.75) is 13.8 Å². The minimum Gasteiger partial charge on any atom is -0.490 e. The Hall–Kier alpha value is -3.15. The molecule has 182 valence electrons. The Morgan fingerprint density at radius 2 is 1.80 bits per heavy atom. The van der Waals surface area contributed by atoms with Gasteiger partial charge in [0.15, 0.2) is 0 Å². The van der Waals surface area contributed by atoms with Gasteiger partial charge in [-0.2, -0.15) is 9.39 Å². The van der Waals surface area contributed by atoms with Gasteiger partial charge in [-0.15, -0.1) is 0 Å². The smallest absolute Gasteiger partial charge is 0.283 e. The number of carbonyl (C=O) groups is 1. The van der Waals surface area contributed by atoms with Crippen LogP contribution in [0.1, 0.15) is 16.7 Å². The van der Waals surface area contributed by atoms with Crippen LogP contribution in [0.4, 0.5) is 0 Å². The predicted octanol–water partition coefficient (Wildman–Crippen LogP) is 4.04. The van der Waals surface area contributed by atoms with Crippen molar-refractivity contribution in [1.29, 1.82) is 5.41 Å². The first-order valence-electron chi connectivity index (χ1n) is 10.4. The molecule has 0 fully saturated rings. The van der Waals surface area contributed by atoms with Gasteiger partial charge < -0.3 is 9.47 Å². The van der Waals surface area contributed by atoms with Crippen LogP contribution < -0.4 is 9.47 Å². The predicted molar refractivity (Wildman–Crippen MR) is 138 cm³/mol. The van der Waals surface area contributed by atoms with Gasteiger partial charge in [0.25, 0.3) is 5.91 Å². The Bertz CT molecular complexity index is 1410. The lowest BCUT2D eigenvalue weighted by Gasteiger charge is -2.23. The van der Waals surface area contributed by atoms with Gasteiger partial charge in [0.05, 0.1) is 22.5 Å². The Labute approximate surface area is 212 Å². The summed E-state index contributed by atoms with van der Waals surface area (Å²) in [5.41, 5.74) is 2.66. The molecule has 0 aliphatic carbocycles.